The summed E-state index contributed by atoms with van der Waals surface area (Å²) in [6.45, 7) is 0. The molecule has 0 aliphatic rings. The van der Waals surface area contributed by atoms with Gasteiger partial charge in [-0.1, -0.05) is 15.9 Å². The average molecular weight is 305 g/mol. The van der Waals surface area contributed by atoms with Gasteiger partial charge in [-0.2, -0.15) is 4.68 Å². The van der Waals surface area contributed by atoms with Crippen molar-refractivity contribution < 1.29 is 4.68 Å². The van der Waals surface area contributed by atoms with Crippen LogP contribution in [0.3, 0.4) is 0 Å². The average Bonchev–Trinajstić information content (AvgIpc) is 2.27. The van der Waals surface area contributed by atoms with E-state index in [4.69, 9.17) is 0 Å². The van der Waals surface area contributed by atoms with Crippen LogP contribution in [0.15, 0.2) is 27.3 Å². The quantitative estimate of drug-likeness (QED) is 0.661. The molecule has 0 atom stereocenters. The van der Waals surface area contributed by atoms with Crippen LogP contribution in [0.2, 0.25) is 0 Å². The van der Waals surface area contributed by atoms with E-state index in [1.807, 2.05) is 14.1 Å². The molecule has 4 heteroatoms. The van der Waals surface area contributed by atoms with Crippen molar-refractivity contribution in [2.24, 2.45) is 14.1 Å². The Labute approximate surface area is 93.4 Å². The van der Waals surface area contributed by atoms with Crippen molar-refractivity contribution >= 4 is 42.8 Å². The van der Waals surface area contributed by atoms with Crippen molar-refractivity contribution in [3.8, 4) is 0 Å². The van der Waals surface area contributed by atoms with Crippen LogP contribution in [0.4, 0.5) is 0 Å². The van der Waals surface area contributed by atoms with Gasteiger partial charge in [0.15, 0.2) is 7.05 Å². The van der Waals surface area contributed by atoms with E-state index in [1.54, 1.807) is 0 Å². The highest BCUT2D eigenvalue weighted by Crippen LogP contribution is 2.27. The van der Waals surface area contributed by atoms with Crippen LogP contribution >= 0.6 is 31.9 Å². The second-order valence-corrected chi connectivity index (χ2v) is 4.82. The number of fused-ring (bicyclic) bond motifs is 1. The van der Waals surface area contributed by atoms with E-state index in [9.17, 15) is 0 Å². The van der Waals surface area contributed by atoms with E-state index in [0.29, 0.717) is 0 Å². The van der Waals surface area contributed by atoms with Crippen LogP contribution in [-0.4, -0.2) is 4.68 Å². The lowest BCUT2D eigenvalue weighted by Crippen LogP contribution is -2.36. The Kier molecular flexibility index (Phi) is 2.20. The lowest BCUT2D eigenvalue weighted by molar-refractivity contribution is -0.748. The maximum Gasteiger partial charge on any atom is 0.203 e. The molecule has 1 heterocycles. The SMILES string of the molecule is Cn1c2c(Br)cc(Br)cc2c[n+]1C. The molecule has 0 amide bonds. The smallest absolute Gasteiger partial charge is 0.155 e. The summed E-state index contributed by atoms with van der Waals surface area (Å²) in [6.07, 6.45) is 2.10. The maximum absolute atomic E-state index is 3.55. The summed E-state index contributed by atoms with van der Waals surface area (Å²) < 4.78 is 6.37. The monoisotopic (exact) mass is 303 g/mol. The normalized spacial score (nSPS) is 11.1. The zero-order valence-electron chi connectivity index (χ0n) is 7.38. The highest BCUT2D eigenvalue weighted by Gasteiger charge is 2.12. The molecule has 0 fully saturated rings. The molecule has 0 aliphatic heterocycles. The van der Waals surface area contributed by atoms with Gasteiger partial charge in [-0.05, 0) is 28.1 Å². The molecule has 0 spiro atoms. The van der Waals surface area contributed by atoms with Crippen LogP contribution in [0, 0.1) is 0 Å². The van der Waals surface area contributed by atoms with Gasteiger partial charge in [0.05, 0.1) is 12.4 Å². The zero-order valence-corrected chi connectivity index (χ0v) is 10.6. The second kappa shape index (κ2) is 3.10. The second-order valence-electron chi connectivity index (χ2n) is 3.05. The summed E-state index contributed by atoms with van der Waals surface area (Å²) >= 11 is 7.02. The molecule has 0 bridgehead atoms. The largest absolute Gasteiger partial charge is 0.203 e. The van der Waals surface area contributed by atoms with E-state index in [1.165, 1.54) is 10.9 Å². The fourth-order valence-corrected chi connectivity index (χ4v) is 2.99. The van der Waals surface area contributed by atoms with Gasteiger partial charge in [0, 0.05) is 8.95 Å². The molecule has 0 saturated carbocycles. The fraction of sp³-hybridized carbons (Fsp3) is 0.222. The molecule has 2 aromatic rings. The molecule has 2 nitrogen and oxygen atoms in total. The molecule has 0 radical (unpaired) electrons. The summed E-state index contributed by atoms with van der Waals surface area (Å²) in [5, 5.41) is 1.23. The van der Waals surface area contributed by atoms with Gasteiger partial charge in [-0.15, -0.1) is 4.68 Å². The van der Waals surface area contributed by atoms with Gasteiger partial charge < -0.3 is 0 Å². The summed E-state index contributed by atoms with van der Waals surface area (Å²) in [5.74, 6) is 0. The third-order valence-electron chi connectivity index (χ3n) is 2.18. The van der Waals surface area contributed by atoms with Gasteiger partial charge in [0.2, 0.25) is 6.20 Å². The highest BCUT2D eigenvalue weighted by atomic mass is 79.9. The van der Waals surface area contributed by atoms with Crippen molar-refractivity contribution in [1.29, 1.82) is 0 Å². The number of hydrogen-bond acceptors (Lipinski definition) is 0. The summed E-state index contributed by atoms with van der Waals surface area (Å²) in [7, 11) is 4.07. The first kappa shape index (κ1) is 9.21. The van der Waals surface area contributed by atoms with E-state index in [-0.39, 0.29) is 0 Å². The maximum atomic E-state index is 3.55. The molecule has 0 aliphatic carbocycles. The number of aryl methyl sites for hydroxylation is 2. The molecule has 0 unspecified atom stereocenters. The number of benzene rings is 1. The first-order valence-corrected chi connectivity index (χ1v) is 5.48. The van der Waals surface area contributed by atoms with Gasteiger partial charge in [0.1, 0.15) is 5.52 Å². The Bertz CT molecular complexity index is 474. The predicted octanol–water partition coefficient (Wildman–Crippen LogP) is 2.53. The van der Waals surface area contributed by atoms with Gasteiger partial charge in [-0.3, -0.25) is 0 Å². The van der Waals surface area contributed by atoms with E-state index < -0.39 is 0 Å². The Hall–Kier alpha value is -0.350. The number of hydrogen-bond donors (Lipinski definition) is 0. The Balaban J connectivity index is 2.94. The molecule has 0 N–H and O–H groups in total. The van der Waals surface area contributed by atoms with Crippen LogP contribution in [-0.2, 0) is 14.1 Å². The van der Waals surface area contributed by atoms with Crippen molar-refractivity contribution in [3.05, 3.63) is 27.3 Å². The Morgan fingerprint density at radius 1 is 1.31 bits per heavy atom. The minimum Gasteiger partial charge on any atom is -0.155 e. The number of rotatable bonds is 0. The van der Waals surface area contributed by atoms with Crippen LogP contribution < -0.4 is 4.68 Å². The standard InChI is InChI=1S/C9H9Br2N2/c1-12-5-6-3-7(10)4-8(11)9(6)13(12)2/h3-5H,1-2H3/q+1. The minimum atomic E-state index is 1.10. The van der Waals surface area contributed by atoms with Crippen molar-refractivity contribution in [1.82, 2.24) is 4.68 Å². The number of aromatic nitrogens is 2. The fourth-order valence-electron chi connectivity index (χ4n) is 1.47. The zero-order chi connectivity index (χ0) is 9.59. The summed E-state index contributed by atoms with van der Waals surface area (Å²) in [5.41, 5.74) is 1.21. The number of halogens is 2. The van der Waals surface area contributed by atoms with E-state index in [2.05, 4.69) is 59.6 Å². The first-order valence-electron chi connectivity index (χ1n) is 3.90. The molecule has 13 heavy (non-hydrogen) atoms. The number of nitrogens with zero attached hydrogens (tertiary/aromatic N) is 2. The Morgan fingerprint density at radius 2 is 2.00 bits per heavy atom. The highest BCUT2D eigenvalue weighted by molar-refractivity contribution is 9.11. The van der Waals surface area contributed by atoms with Gasteiger partial charge in [0.25, 0.3) is 0 Å². The lowest BCUT2D eigenvalue weighted by Gasteiger charge is -1.96. The van der Waals surface area contributed by atoms with Gasteiger partial charge in [-0.25, -0.2) is 0 Å². The summed E-state index contributed by atoms with van der Waals surface area (Å²) in [6, 6.07) is 4.17. The molecule has 2 rings (SSSR count). The first-order chi connectivity index (χ1) is 6.09. The molecular formula is C9H9Br2N2+. The molecular weight excluding hydrogens is 296 g/mol. The van der Waals surface area contributed by atoms with Crippen molar-refractivity contribution in [2.75, 3.05) is 0 Å². The van der Waals surface area contributed by atoms with Crippen LogP contribution in [0.5, 0.6) is 0 Å². The van der Waals surface area contributed by atoms with Crippen molar-refractivity contribution in [3.63, 3.8) is 0 Å². The topological polar surface area (TPSA) is 8.81 Å². The van der Waals surface area contributed by atoms with E-state index >= 15 is 0 Å². The molecule has 68 valence electrons. The molecule has 1 aromatic carbocycles. The van der Waals surface area contributed by atoms with E-state index in [0.717, 1.165) is 8.95 Å². The minimum absolute atomic E-state index is 1.10. The lowest BCUT2D eigenvalue weighted by atomic mass is 10.3. The van der Waals surface area contributed by atoms with Crippen molar-refractivity contribution in [2.45, 2.75) is 0 Å². The molecule has 1 aromatic heterocycles. The van der Waals surface area contributed by atoms with Crippen LogP contribution in [0.1, 0.15) is 0 Å². The Morgan fingerprint density at radius 3 is 2.69 bits per heavy atom. The third kappa shape index (κ3) is 1.42. The molecule has 0 saturated heterocycles. The summed E-state index contributed by atoms with van der Waals surface area (Å²) in [4.78, 5) is 0. The van der Waals surface area contributed by atoms with Crippen LogP contribution in [0.25, 0.3) is 10.9 Å². The van der Waals surface area contributed by atoms with Gasteiger partial charge >= 0.3 is 0 Å². The third-order valence-corrected chi connectivity index (χ3v) is 3.24. The predicted molar refractivity (Wildman–Crippen MR) is 59.5 cm³/mol.